The Labute approximate surface area is 141 Å². The average Bonchev–Trinajstić information content (AvgIpc) is 2.79. The molecule has 0 radical (unpaired) electrons. The van der Waals surface area contributed by atoms with E-state index in [1.807, 2.05) is 49.7 Å². The van der Waals surface area contributed by atoms with Gasteiger partial charge in [0.25, 0.3) is 0 Å². The minimum absolute atomic E-state index is 0.0527. The lowest BCUT2D eigenvalue weighted by Crippen LogP contribution is -2.23. The number of carbonyl (C=O) groups excluding carboxylic acids is 1. The van der Waals surface area contributed by atoms with Crippen LogP contribution in [0.3, 0.4) is 0 Å². The predicted octanol–water partition coefficient (Wildman–Crippen LogP) is 2.70. The van der Waals surface area contributed by atoms with Crippen LogP contribution >= 0.6 is 0 Å². The lowest BCUT2D eigenvalue weighted by atomic mass is 10.1. The van der Waals surface area contributed by atoms with E-state index in [1.165, 1.54) is 6.92 Å². The molecule has 0 aliphatic rings. The molecule has 6 nitrogen and oxygen atoms in total. The fourth-order valence-corrected chi connectivity index (χ4v) is 2.81. The first kappa shape index (κ1) is 17.7. The topological polar surface area (TPSA) is 84.2 Å². The number of hydrogen-bond acceptors (Lipinski definition) is 3. The normalized spacial score (nSPS) is 12.0. The van der Waals surface area contributed by atoms with Crippen LogP contribution in [0, 0.1) is 13.8 Å². The number of aliphatic carboxylic acids is 1. The molecule has 0 unspecified atom stereocenters. The number of nitrogens with zero attached hydrogens (tertiary/aromatic N) is 2. The van der Waals surface area contributed by atoms with Crippen LogP contribution in [0.15, 0.2) is 24.3 Å². The lowest BCUT2D eigenvalue weighted by molar-refractivity contribution is -0.137. The molecule has 1 atom stereocenters. The van der Waals surface area contributed by atoms with Gasteiger partial charge >= 0.3 is 5.97 Å². The number of amides is 1. The van der Waals surface area contributed by atoms with E-state index in [9.17, 15) is 9.59 Å². The summed E-state index contributed by atoms with van der Waals surface area (Å²) in [4.78, 5) is 21.9. The summed E-state index contributed by atoms with van der Waals surface area (Å²) in [5, 5.41) is 16.3. The molecule has 0 saturated carbocycles. The van der Waals surface area contributed by atoms with Gasteiger partial charge in [-0.1, -0.05) is 12.1 Å². The Morgan fingerprint density at radius 3 is 2.42 bits per heavy atom. The number of benzene rings is 1. The Bertz CT molecular complexity index is 748. The zero-order chi connectivity index (χ0) is 17.9. The van der Waals surface area contributed by atoms with Crippen molar-refractivity contribution in [3.05, 3.63) is 46.8 Å². The molecule has 2 aromatic rings. The van der Waals surface area contributed by atoms with Gasteiger partial charge < -0.3 is 10.4 Å². The van der Waals surface area contributed by atoms with Gasteiger partial charge in [-0.3, -0.25) is 9.59 Å². The summed E-state index contributed by atoms with van der Waals surface area (Å²) in [5.41, 5.74) is 4.71. The van der Waals surface area contributed by atoms with Gasteiger partial charge in [0.15, 0.2) is 0 Å². The van der Waals surface area contributed by atoms with E-state index in [1.54, 1.807) is 0 Å². The Kier molecular flexibility index (Phi) is 5.39. The Morgan fingerprint density at radius 2 is 1.88 bits per heavy atom. The van der Waals surface area contributed by atoms with Crippen molar-refractivity contribution in [2.45, 2.75) is 46.6 Å². The molecule has 24 heavy (non-hydrogen) atoms. The predicted molar refractivity (Wildman–Crippen MR) is 91.2 cm³/mol. The monoisotopic (exact) mass is 329 g/mol. The van der Waals surface area contributed by atoms with Crippen molar-refractivity contribution in [3.8, 4) is 5.69 Å². The van der Waals surface area contributed by atoms with Crippen LogP contribution < -0.4 is 5.32 Å². The first-order valence-electron chi connectivity index (χ1n) is 7.94. The van der Waals surface area contributed by atoms with E-state index in [4.69, 9.17) is 5.11 Å². The van der Waals surface area contributed by atoms with Gasteiger partial charge in [0.1, 0.15) is 0 Å². The van der Waals surface area contributed by atoms with E-state index in [-0.39, 0.29) is 18.4 Å². The van der Waals surface area contributed by atoms with Crippen molar-refractivity contribution >= 4 is 11.9 Å². The summed E-state index contributed by atoms with van der Waals surface area (Å²) < 4.78 is 1.83. The van der Waals surface area contributed by atoms with Crippen LogP contribution in [0.4, 0.5) is 0 Å². The third-order valence-corrected chi connectivity index (χ3v) is 4.09. The van der Waals surface area contributed by atoms with Gasteiger partial charge in [0.2, 0.25) is 5.91 Å². The van der Waals surface area contributed by atoms with E-state index >= 15 is 0 Å². The number of nitrogens with one attached hydrogen (secondary N) is 1. The maximum atomic E-state index is 11.1. The fourth-order valence-electron chi connectivity index (χ4n) is 2.81. The van der Waals surface area contributed by atoms with Crippen molar-refractivity contribution in [2.24, 2.45) is 0 Å². The van der Waals surface area contributed by atoms with E-state index < -0.39 is 5.97 Å². The van der Waals surface area contributed by atoms with Crippen LogP contribution in [0.5, 0.6) is 0 Å². The lowest BCUT2D eigenvalue weighted by Gasteiger charge is -2.13. The van der Waals surface area contributed by atoms with Crippen molar-refractivity contribution in [1.29, 1.82) is 0 Å². The summed E-state index contributed by atoms with van der Waals surface area (Å²) in [7, 11) is 0. The van der Waals surface area contributed by atoms with E-state index in [0.717, 1.165) is 28.2 Å². The zero-order valence-electron chi connectivity index (χ0n) is 14.5. The smallest absolute Gasteiger partial charge is 0.303 e. The number of carboxylic acid groups (broad SMARTS) is 1. The quantitative estimate of drug-likeness (QED) is 0.853. The van der Waals surface area contributed by atoms with E-state index in [2.05, 4.69) is 10.4 Å². The standard InChI is InChI=1S/C18H23N3O3/c1-11(19-14(4)22)15-5-7-16(8-6-15)21-13(3)17(12(2)20-21)9-10-18(23)24/h5-8,11H,9-10H2,1-4H3,(H,19,22)(H,23,24)/t11-/m1/s1. The summed E-state index contributed by atoms with van der Waals surface area (Å²) in [5.74, 6) is -0.869. The Balaban J connectivity index is 2.24. The first-order chi connectivity index (χ1) is 11.3. The number of aromatic nitrogens is 2. The van der Waals surface area contributed by atoms with Gasteiger partial charge in [-0.15, -0.1) is 0 Å². The molecule has 6 heteroatoms. The van der Waals surface area contributed by atoms with Gasteiger partial charge in [-0.25, -0.2) is 4.68 Å². The molecule has 0 aliphatic heterocycles. The minimum atomic E-state index is -0.808. The molecule has 128 valence electrons. The van der Waals surface area contributed by atoms with E-state index in [0.29, 0.717) is 6.42 Å². The number of carbonyl (C=O) groups is 2. The molecule has 0 aliphatic carbocycles. The van der Waals surface area contributed by atoms with Crippen LogP contribution in [0.1, 0.15) is 48.8 Å². The molecular formula is C18H23N3O3. The maximum Gasteiger partial charge on any atom is 0.303 e. The molecule has 0 fully saturated rings. The van der Waals surface area contributed by atoms with Gasteiger partial charge in [0, 0.05) is 19.0 Å². The first-order valence-corrected chi connectivity index (χ1v) is 7.94. The minimum Gasteiger partial charge on any atom is -0.481 e. The van der Waals surface area contributed by atoms with Crippen molar-refractivity contribution in [1.82, 2.24) is 15.1 Å². The molecule has 2 rings (SSSR count). The van der Waals surface area contributed by atoms with Crippen molar-refractivity contribution < 1.29 is 14.7 Å². The summed E-state index contributed by atoms with van der Waals surface area (Å²) in [6.45, 7) is 7.28. The van der Waals surface area contributed by atoms with Crippen LogP contribution in [-0.4, -0.2) is 26.8 Å². The highest BCUT2D eigenvalue weighted by Gasteiger charge is 2.14. The summed E-state index contributed by atoms with van der Waals surface area (Å²) in [6, 6.07) is 7.78. The molecule has 0 bridgehead atoms. The van der Waals surface area contributed by atoms with Gasteiger partial charge in [0.05, 0.1) is 17.4 Å². The van der Waals surface area contributed by atoms with Gasteiger partial charge in [-0.05, 0) is 50.5 Å². The zero-order valence-corrected chi connectivity index (χ0v) is 14.5. The number of carboxylic acids is 1. The highest BCUT2D eigenvalue weighted by atomic mass is 16.4. The maximum absolute atomic E-state index is 11.1. The van der Waals surface area contributed by atoms with Gasteiger partial charge in [-0.2, -0.15) is 5.10 Å². The second-order valence-electron chi connectivity index (χ2n) is 5.97. The third kappa shape index (κ3) is 4.01. The number of aryl methyl sites for hydroxylation is 1. The average molecular weight is 329 g/mol. The summed E-state index contributed by atoms with van der Waals surface area (Å²) in [6.07, 6.45) is 0.575. The SMILES string of the molecule is CC(=O)N[C@H](C)c1ccc(-n2nc(C)c(CCC(=O)O)c2C)cc1. The molecule has 1 aromatic heterocycles. The van der Waals surface area contributed by atoms with Crippen molar-refractivity contribution in [3.63, 3.8) is 0 Å². The second-order valence-corrected chi connectivity index (χ2v) is 5.97. The fraction of sp³-hybridized carbons (Fsp3) is 0.389. The molecule has 0 spiro atoms. The third-order valence-electron chi connectivity index (χ3n) is 4.09. The highest BCUT2D eigenvalue weighted by molar-refractivity contribution is 5.73. The van der Waals surface area contributed by atoms with Crippen molar-refractivity contribution in [2.75, 3.05) is 0 Å². The van der Waals surface area contributed by atoms with Crippen LogP contribution in [0.25, 0.3) is 5.69 Å². The molecule has 1 aromatic carbocycles. The Hall–Kier alpha value is -2.63. The largest absolute Gasteiger partial charge is 0.481 e. The molecule has 0 saturated heterocycles. The highest BCUT2D eigenvalue weighted by Crippen LogP contribution is 2.21. The van der Waals surface area contributed by atoms with Crippen LogP contribution in [-0.2, 0) is 16.0 Å². The van der Waals surface area contributed by atoms with Crippen LogP contribution in [0.2, 0.25) is 0 Å². The molecule has 1 amide bonds. The Morgan fingerprint density at radius 1 is 1.25 bits per heavy atom. The molecule has 2 N–H and O–H groups in total. The number of rotatable bonds is 6. The second kappa shape index (κ2) is 7.29. The molecule has 1 heterocycles. The molecular weight excluding hydrogens is 306 g/mol. The number of hydrogen-bond donors (Lipinski definition) is 2. The summed E-state index contributed by atoms with van der Waals surface area (Å²) >= 11 is 0.